The van der Waals surface area contributed by atoms with E-state index in [9.17, 15) is 5.21 Å². The molecule has 2 aliphatic rings. The Morgan fingerprint density at radius 2 is 1.53 bits per heavy atom. The Morgan fingerprint density at radius 3 is 1.95 bits per heavy atom. The lowest BCUT2D eigenvalue weighted by Crippen LogP contribution is -2.48. The largest absolute Gasteiger partial charge is 0.760 e. The molecule has 0 bridgehead atoms. The zero-order valence-electron chi connectivity index (χ0n) is 11.9. The Labute approximate surface area is 114 Å². The van der Waals surface area contributed by atoms with Crippen LogP contribution in [0, 0.1) is 16.0 Å². The number of hydroxylamine groups is 2. The molecule has 0 aromatic heterocycles. The van der Waals surface area contributed by atoms with Gasteiger partial charge in [0.2, 0.25) is 0 Å². The number of rotatable bonds is 9. The molecule has 0 aliphatic carbocycles. The zero-order valence-corrected chi connectivity index (χ0v) is 11.9. The molecule has 0 unspecified atom stereocenters. The Hall–Kier alpha value is -0.240. The third kappa shape index (κ3) is 3.65. The zero-order chi connectivity index (χ0) is 13.8. The van der Waals surface area contributed by atoms with Gasteiger partial charge in [0.15, 0.2) is 0 Å². The Bertz CT molecular complexity index is 267. The van der Waals surface area contributed by atoms with Crippen molar-refractivity contribution < 1.29 is 19.0 Å². The lowest BCUT2D eigenvalue weighted by atomic mass is 9.84. The minimum atomic E-state index is -0.0532. The predicted molar refractivity (Wildman–Crippen MR) is 69.1 cm³/mol. The minimum absolute atomic E-state index is 0.0229. The molecule has 0 amide bonds. The van der Waals surface area contributed by atoms with Crippen molar-refractivity contribution >= 4 is 0 Å². The van der Waals surface area contributed by atoms with Gasteiger partial charge in [0.25, 0.3) is 0 Å². The first-order valence-corrected chi connectivity index (χ1v) is 6.94. The lowest BCUT2D eigenvalue weighted by Gasteiger charge is -2.43. The monoisotopic (exact) mass is 274 g/mol. The summed E-state index contributed by atoms with van der Waals surface area (Å²) in [6.45, 7) is 7.88. The summed E-state index contributed by atoms with van der Waals surface area (Å²) < 4.78 is 15.8. The van der Waals surface area contributed by atoms with Gasteiger partial charge >= 0.3 is 0 Å². The van der Waals surface area contributed by atoms with Crippen molar-refractivity contribution in [3.63, 3.8) is 0 Å². The average molecular weight is 274 g/mol. The summed E-state index contributed by atoms with van der Waals surface area (Å²) >= 11 is 0. The topological polar surface area (TPSA) is 63.2 Å². The molecule has 2 aliphatic heterocycles. The van der Waals surface area contributed by atoms with Crippen molar-refractivity contribution in [3.8, 4) is 0 Å². The highest BCUT2D eigenvalue weighted by atomic mass is 16.9. The quantitative estimate of drug-likeness (QED) is 0.469. The van der Waals surface area contributed by atoms with E-state index in [-0.39, 0.29) is 17.6 Å². The van der Waals surface area contributed by atoms with Gasteiger partial charge < -0.3 is 24.3 Å². The van der Waals surface area contributed by atoms with E-state index >= 15 is 0 Å². The van der Waals surface area contributed by atoms with Gasteiger partial charge in [0, 0.05) is 10.8 Å². The van der Waals surface area contributed by atoms with E-state index in [0.29, 0.717) is 31.7 Å². The first-order valence-electron chi connectivity index (χ1n) is 6.94. The Morgan fingerprint density at radius 1 is 1.00 bits per heavy atom. The minimum Gasteiger partial charge on any atom is -0.760 e. The van der Waals surface area contributed by atoms with Crippen molar-refractivity contribution in [2.75, 3.05) is 46.4 Å². The van der Waals surface area contributed by atoms with E-state index in [1.54, 1.807) is 0 Å². The highest BCUT2D eigenvalue weighted by Crippen LogP contribution is 2.32. The van der Waals surface area contributed by atoms with Crippen LogP contribution in [0.25, 0.3) is 0 Å². The normalized spacial score (nSPS) is 24.0. The van der Waals surface area contributed by atoms with E-state index in [1.165, 1.54) is 0 Å². The average Bonchev–Trinajstić information content (AvgIpc) is 2.32. The van der Waals surface area contributed by atoms with Gasteiger partial charge in [0.05, 0.1) is 39.6 Å². The molecule has 2 heterocycles. The van der Waals surface area contributed by atoms with Crippen LogP contribution < -0.4 is 0 Å². The second-order valence-corrected chi connectivity index (χ2v) is 5.78. The molecule has 19 heavy (non-hydrogen) atoms. The van der Waals surface area contributed by atoms with Gasteiger partial charge in [-0.05, 0) is 12.8 Å². The summed E-state index contributed by atoms with van der Waals surface area (Å²) in [5.74, 6) is 0. The van der Waals surface area contributed by atoms with E-state index in [2.05, 4.69) is 13.8 Å². The molecule has 6 nitrogen and oxygen atoms in total. The molecule has 0 aromatic rings. The van der Waals surface area contributed by atoms with Crippen LogP contribution in [0.15, 0.2) is 0 Å². The standard InChI is InChI=1S/C13H24NO5/c1-3-12(5-16-6-12)9-18-11-14(15)19-10-13(4-2)7-17-8-13/h3-11H2,1-2H3/q-1. The van der Waals surface area contributed by atoms with Gasteiger partial charge in [0.1, 0.15) is 6.73 Å². The van der Waals surface area contributed by atoms with Crippen LogP contribution in [0.4, 0.5) is 0 Å². The van der Waals surface area contributed by atoms with Crippen LogP contribution in [0.5, 0.6) is 0 Å². The molecule has 0 N–H and O–H groups in total. The third-order valence-electron chi connectivity index (χ3n) is 4.25. The van der Waals surface area contributed by atoms with Gasteiger partial charge in [-0.2, -0.15) is 0 Å². The van der Waals surface area contributed by atoms with Gasteiger partial charge in [-0.25, -0.2) is 5.23 Å². The number of hydrogen-bond donors (Lipinski definition) is 0. The lowest BCUT2D eigenvalue weighted by molar-refractivity contribution is -0.244. The fourth-order valence-corrected chi connectivity index (χ4v) is 2.14. The Balaban J connectivity index is 1.58. The molecule has 6 heteroatoms. The van der Waals surface area contributed by atoms with Crippen LogP contribution in [0.2, 0.25) is 0 Å². The van der Waals surface area contributed by atoms with E-state index in [1.807, 2.05) is 0 Å². The second-order valence-electron chi connectivity index (χ2n) is 5.78. The number of hydrogen-bond acceptors (Lipinski definition) is 6. The van der Waals surface area contributed by atoms with Crippen molar-refractivity contribution in [3.05, 3.63) is 5.21 Å². The van der Waals surface area contributed by atoms with Crippen LogP contribution >= 0.6 is 0 Å². The maximum Gasteiger partial charge on any atom is 0.109 e. The number of nitrogens with zero attached hydrogens (tertiary/aromatic N) is 1. The van der Waals surface area contributed by atoms with E-state index < -0.39 is 0 Å². The van der Waals surface area contributed by atoms with Crippen molar-refractivity contribution in [1.82, 2.24) is 5.23 Å². The van der Waals surface area contributed by atoms with Crippen molar-refractivity contribution in [2.24, 2.45) is 10.8 Å². The van der Waals surface area contributed by atoms with E-state index in [4.69, 9.17) is 19.0 Å². The molecular formula is C13H24NO5-. The highest BCUT2D eigenvalue weighted by molar-refractivity contribution is 4.84. The molecule has 2 fully saturated rings. The van der Waals surface area contributed by atoms with Crippen molar-refractivity contribution in [2.45, 2.75) is 26.7 Å². The fraction of sp³-hybridized carbons (Fsp3) is 1.00. The Kier molecular flexibility index (Phi) is 5.16. The molecule has 2 saturated heterocycles. The van der Waals surface area contributed by atoms with Crippen LogP contribution in [0.1, 0.15) is 26.7 Å². The SMILES string of the molecule is CCC1(COCN([O-])OCC2(CC)COC2)COC1. The van der Waals surface area contributed by atoms with Gasteiger partial charge in [-0.3, -0.25) is 0 Å². The molecular weight excluding hydrogens is 250 g/mol. The van der Waals surface area contributed by atoms with E-state index in [0.717, 1.165) is 26.1 Å². The van der Waals surface area contributed by atoms with Gasteiger partial charge in [-0.1, -0.05) is 13.8 Å². The first-order chi connectivity index (χ1) is 9.14. The molecule has 2 rings (SSSR count). The third-order valence-corrected chi connectivity index (χ3v) is 4.25. The molecule has 0 spiro atoms. The molecule has 0 saturated carbocycles. The summed E-state index contributed by atoms with van der Waals surface area (Å²) in [7, 11) is 0. The molecule has 0 aromatic carbocycles. The van der Waals surface area contributed by atoms with Crippen LogP contribution in [0.3, 0.4) is 0 Å². The maximum absolute atomic E-state index is 11.5. The molecule has 0 radical (unpaired) electrons. The molecule has 0 atom stereocenters. The van der Waals surface area contributed by atoms with Crippen molar-refractivity contribution in [1.29, 1.82) is 0 Å². The fourth-order valence-electron chi connectivity index (χ4n) is 2.14. The smallest absolute Gasteiger partial charge is 0.109 e. The summed E-state index contributed by atoms with van der Waals surface area (Å²) in [6.07, 6.45) is 1.96. The highest BCUT2D eigenvalue weighted by Gasteiger charge is 2.38. The second kappa shape index (κ2) is 6.47. The summed E-state index contributed by atoms with van der Waals surface area (Å²) in [5.41, 5.74) is 0.127. The first kappa shape index (κ1) is 15.2. The summed E-state index contributed by atoms with van der Waals surface area (Å²) in [6, 6.07) is 0. The van der Waals surface area contributed by atoms with Gasteiger partial charge in [-0.15, -0.1) is 0 Å². The summed E-state index contributed by atoms with van der Waals surface area (Å²) in [5, 5.41) is 12.0. The predicted octanol–water partition coefficient (Wildman–Crippen LogP) is 1.55. The van der Waals surface area contributed by atoms with Crippen LogP contribution in [-0.4, -0.2) is 51.6 Å². The van der Waals surface area contributed by atoms with Crippen LogP contribution in [-0.2, 0) is 19.0 Å². The summed E-state index contributed by atoms with van der Waals surface area (Å²) in [4.78, 5) is 5.18. The number of ether oxygens (including phenoxy) is 3. The maximum atomic E-state index is 11.5. The molecule has 112 valence electrons.